The third kappa shape index (κ3) is 10.2. The van der Waals surface area contributed by atoms with Crippen LogP contribution in [0, 0.1) is 23.7 Å². The molecule has 0 bridgehead atoms. The molecule has 1 heterocycles. The van der Waals surface area contributed by atoms with Gasteiger partial charge in [0, 0.05) is 31.3 Å². The number of carbonyl (C=O) groups excluding carboxylic acids is 2. The van der Waals surface area contributed by atoms with Crippen LogP contribution in [0.4, 0.5) is 0 Å². The molecule has 1 saturated carbocycles. The average Bonchev–Trinajstić information content (AvgIpc) is 3.14. The monoisotopic (exact) mass is 434 g/mol. The highest BCUT2D eigenvalue weighted by Gasteiger charge is 2.33. The largest absolute Gasteiger partial charge is 0.469 e. The standard InChI is InChI=1S/C26H42O5/c1-3-4-7-12-22(31-26-15-10-11-20-30-26)18-16-21-17-19-24(27)23(21)13-8-5-6-9-14-25(28)29-2/h21-23,26H,3-15,17,19-20H2,1-2H3. The number of Topliss-reactive ketones (excluding diaryl/α,β-unsaturated/α-hetero) is 1. The summed E-state index contributed by atoms with van der Waals surface area (Å²) in [5.41, 5.74) is 0. The fourth-order valence-corrected chi connectivity index (χ4v) is 4.49. The number of ether oxygens (including phenoxy) is 3. The molecule has 1 aliphatic carbocycles. The van der Waals surface area contributed by atoms with E-state index in [0.717, 1.165) is 77.2 Å². The maximum absolute atomic E-state index is 12.4. The van der Waals surface area contributed by atoms with Gasteiger partial charge in [-0.25, -0.2) is 0 Å². The first-order valence-electron chi connectivity index (χ1n) is 12.5. The molecule has 0 aromatic rings. The summed E-state index contributed by atoms with van der Waals surface area (Å²) in [5, 5.41) is 0. The van der Waals surface area contributed by atoms with Gasteiger partial charge in [0.05, 0.1) is 7.11 Å². The molecule has 2 aliphatic rings. The van der Waals surface area contributed by atoms with Crippen molar-refractivity contribution in [2.24, 2.45) is 11.8 Å². The molecule has 4 atom stereocenters. The molecular weight excluding hydrogens is 392 g/mol. The zero-order valence-corrected chi connectivity index (χ0v) is 19.7. The third-order valence-corrected chi connectivity index (χ3v) is 6.43. The second-order valence-electron chi connectivity index (χ2n) is 8.95. The topological polar surface area (TPSA) is 61.8 Å². The normalized spacial score (nSPS) is 24.5. The highest BCUT2D eigenvalue weighted by Crippen LogP contribution is 2.32. The molecule has 0 radical (unpaired) electrons. The SMILES string of the molecule is CCCCCC(C#CC1CCC(=O)C1CCCCCCC(=O)OC)OC1CCCCO1. The Bertz CT molecular complexity index is 584. The Morgan fingerprint density at radius 1 is 1.13 bits per heavy atom. The van der Waals surface area contributed by atoms with Crippen molar-refractivity contribution in [1.29, 1.82) is 0 Å². The summed E-state index contributed by atoms with van der Waals surface area (Å²) in [6.45, 7) is 2.98. The maximum atomic E-state index is 12.4. The Labute approximate surface area is 189 Å². The van der Waals surface area contributed by atoms with Gasteiger partial charge in [-0.05, 0) is 51.4 Å². The van der Waals surface area contributed by atoms with Crippen molar-refractivity contribution in [2.45, 2.75) is 116 Å². The number of methoxy groups -OCH3 is 1. The van der Waals surface area contributed by atoms with E-state index in [9.17, 15) is 9.59 Å². The third-order valence-electron chi connectivity index (χ3n) is 6.43. The fourth-order valence-electron chi connectivity index (χ4n) is 4.49. The zero-order chi connectivity index (χ0) is 22.3. The van der Waals surface area contributed by atoms with Gasteiger partial charge in [-0.15, -0.1) is 0 Å². The minimum atomic E-state index is -0.143. The van der Waals surface area contributed by atoms with E-state index in [1.807, 2.05) is 0 Å². The first kappa shape index (κ1) is 25.9. The number of hydrogen-bond donors (Lipinski definition) is 0. The van der Waals surface area contributed by atoms with Crippen molar-refractivity contribution in [3.63, 3.8) is 0 Å². The molecule has 0 spiro atoms. The van der Waals surface area contributed by atoms with Gasteiger partial charge in [0.2, 0.25) is 0 Å². The average molecular weight is 435 g/mol. The highest BCUT2D eigenvalue weighted by atomic mass is 16.7. The highest BCUT2D eigenvalue weighted by molar-refractivity contribution is 5.84. The molecule has 5 nitrogen and oxygen atoms in total. The lowest BCUT2D eigenvalue weighted by atomic mass is 9.90. The molecule has 0 aromatic carbocycles. The fraction of sp³-hybridized carbons (Fsp3) is 0.846. The predicted molar refractivity (Wildman–Crippen MR) is 121 cm³/mol. The minimum Gasteiger partial charge on any atom is -0.469 e. The van der Waals surface area contributed by atoms with Crippen LogP contribution in [0.1, 0.15) is 103 Å². The molecule has 0 aromatic heterocycles. The van der Waals surface area contributed by atoms with Gasteiger partial charge in [-0.3, -0.25) is 9.59 Å². The second-order valence-corrected chi connectivity index (χ2v) is 8.95. The Hall–Kier alpha value is -1.38. The molecule has 0 amide bonds. The van der Waals surface area contributed by atoms with Gasteiger partial charge in [0.25, 0.3) is 0 Å². The van der Waals surface area contributed by atoms with Gasteiger partial charge in [0.15, 0.2) is 6.29 Å². The van der Waals surface area contributed by atoms with Crippen molar-refractivity contribution in [2.75, 3.05) is 13.7 Å². The summed E-state index contributed by atoms with van der Waals surface area (Å²) < 4.78 is 16.6. The summed E-state index contributed by atoms with van der Waals surface area (Å²) in [6, 6.07) is 0. The van der Waals surface area contributed by atoms with E-state index < -0.39 is 0 Å². The summed E-state index contributed by atoms with van der Waals surface area (Å²) in [5.74, 6) is 7.28. The van der Waals surface area contributed by atoms with E-state index >= 15 is 0 Å². The number of ketones is 1. The molecular formula is C26H42O5. The van der Waals surface area contributed by atoms with Crippen LogP contribution in [0.3, 0.4) is 0 Å². The van der Waals surface area contributed by atoms with Gasteiger partial charge in [-0.2, -0.15) is 0 Å². The van der Waals surface area contributed by atoms with Crippen LogP contribution in [0.25, 0.3) is 0 Å². The Balaban J connectivity index is 1.82. The van der Waals surface area contributed by atoms with Gasteiger partial charge in [-0.1, -0.05) is 50.9 Å². The van der Waals surface area contributed by atoms with Crippen molar-refractivity contribution >= 4 is 11.8 Å². The van der Waals surface area contributed by atoms with Crippen LogP contribution in [0.2, 0.25) is 0 Å². The summed E-state index contributed by atoms with van der Waals surface area (Å²) in [6.07, 6.45) is 14.2. The van der Waals surface area contributed by atoms with Crippen LogP contribution in [-0.4, -0.2) is 37.9 Å². The molecule has 0 N–H and O–H groups in total. The smallest absolute Gasteiger partial charge is 0.305 e. The minimum absolute atomic E-state index is 0.0651. The summed E-state index contributed by atoms with van der Waals surface area (Å²) in [7, 11) is 1.43. The van der Waals surface area contributed by atoms with E-state index in [4.69, 9.17) is 9.47 Å². The van der Waals surface area contributed by atoms with Crippen LogP contribution in [-0.2, 0) is 23.8 Å². The Morgan fingerprint density at radius 2 is 1.97 bits per heavy atom. The van der Waals surface area contributed by atoms with Crippen LogP contribution in [0.5, 0.6) is 0 Å². The van der Waals surface area contributed by atoms with Crippen molar-refractivity contribution in [1.82, 2.24) is 0 Å². The number of rotatable bonds is 13. The molecule has 176 valence electrons. The predicted octanol–water partition coefficient (Wildman–Crippen LogP) is 5.59. The van der Waals surface area contributed by atoms with Crippen molar-refractivity contribution < 1.29 is 23.8 Å². The van der Waals surface area contributed by atoms with Crippen LogP contribution in [0.15, 0.2) is 0 Å². The maximum Gasteiger partial charge on any atom is 0.305 e. The van der Waals surface area contributed by atoms with Gasteiger partial charge in [0.1, 0.15) is 11.9 Å². The molecule has 31 heavy (non-hydrogen) atoms. The summed E-state index contributed by atoms with van der Waals surface area (Å²) in [4.78, 5) is 23.6. The lowest BCUT2D eigenvalue weighted by Gasteiger charge is -2.25. The van der Waals surface area contributed by atoms with E-state index in [1.165, 1.54) is 20.0 Å². The van der Waals surface area contributed by atoms with Crippen LogP contribution < -0.4 is 0 Å². The second kappa shape index (κ2) is 15.4. The first-order valence-corrected chi connectivity index (χ1v) is 12.5. The van der Waals surface area contributed by atoms with E-state index in [1.54, 1.807) is 0 Å². The van der Waals surface area contributed by atoms with Crippen molar-refractivity contribution in [3.05, 3.63) is 0 Å². The molecule has 2 fully saturated rings. The molecule has 1 aliphatic heterocycles. The lowest BCUT2D eigenvalue weighted by Crippen LogP contribution is -2.27. The van der Waals surface area contributed by atoms with Gasteiger partial charge < -0.3 is 14.2 Å². The quantitative estimate of drug-likeness (QED) is 0.215. The molecule has 2 rings (SSSR count). The number of hydrogen-bond acceptors (Lipinski definition) is 5. The number of carbonyl (C=O) groups is 2. The van der Waals surface area contributed by atoms with E-state index in [2.05, 4.69) is 23.5 Å². The molecule has 5 heteroatoms. The number of unbranched alkanes of at least 4 members (excludes halogenated alkanes) is 5. The lowest BCUT2D eigenvalue weighted by molar-refractivity contribution is -0.177. The molecule has 1 saturated heterocycles. The van der Waals surface area contributed by atoms with E-state index in [-0.39, 0.29) is 30.2 Å². The molecule has 4 unspecified atom stereocenters. The van der Waals surface area contributed by atoms with Crippen molar-refractivity contribution in [3.8, 4) is 11.8 Å². The zero-order valence-electron chi connectivity index (χ0n) is 19.7. The Morgan fingerprint density at radius 3 is 2.71 bits per heavy atom. The Kier molecular flexibility index (Phi) is 12.9. The number of esters is 1. The van der Waals surface area contributed by atoms with Gasteiger partial charge >= 0.3 is 5.97 Å². The van der Waals surface area contributed by atoms with Crippen LogP contribution >= 0.6 is 0 Å². The first-order chi connectivity index (χ1) is 15.1. The summed E-state index contributed by atoms with van der Waals surface area (Å²) >= 11 is 0. The van der Waals surface area contributed by atoms with E-state index in [0.29, 0.717) is 18.6 Å².